The summed E-state index contributed by atoms with van der Waals surface area (Å²) >= 11 is 5.00. The quantitative estimate of drug-likeness (QED) is 0.721. The first-order valence-corrected chi connectivity index (χ1v) is 8.19. The Kier molecular flexibility index (Phi) is 4.27. The fourth-order valence-corrected chi connectivity index (χ4v) is 3.74. The van der Waals surface area contributed by atoms with Crippen molar-refractivity contribution >= 4 is 39.6 Å². The molecule has 2 aromatic carbocycles. The SMILES string of the molecule is COc1cc(Br)c(/C=C2/Sc3ccccc3C2=O)cc1OC. The second kappa shape index (κ2) is 6.18. The van der Waals surface area contributed by atoms with E-state index >= 15 is 0 Å². The van der Waals surface area contributed by atoms with Crippen molar-refractivity contribution in [1.82, 2.24) is 0 Å². The van der Waals surface area contributed by atoms with Crippen molar-refractivity contribution in [3.8, 4) is 11.5 Å². The minimum atomic E-state index is 0.0577. The Morgan fingerprint density at radius 3 is 2.45 bits per heavy atom. The highest BCUT2D eigenvalue weighted by molar-refractivity contribution is 9.10. The van der Waals surface area contributed by atoms with Crippen LogP contribution in [0.5, 0.6) is 11.5 Å². The molecule has 112 valence electrons. The molecule has 0 bridgehead atoms. The number of thioether (sulfide) groups is 1. The molecule has 0 saturated carbocycles. The van der Waals surface area contributed by atoms with E-state index in [2.05, 4.69) is 15.9 Å². The summed E-state index contributed by atoms with van der Waals surface area (Å²) in [5, 5.41) is 0. The van der Waals surface area contributed by atoms with Gasteiger partial charge in [0.15, 0.2) is 11.5 Å². The molecule has 0 aromatic heterocycles. The molecule has 1 heterocycles. The van der Waals surface area contributed by atoms with Crippen molar-refractivity contribution in [3.63, 3.8) is 0 Å². The fourth-order valence-electron chi connectivity index (χ4n) is 2.26. The van der Waals surface area contributed by atoms with Crippen molar-refractivity contribution in [1.29, 1.82) is 0 Å². The maximum Gasteiger partial charge on any atom is 0.200 e. The molecule has 0 aliphatic carbocycles. The number of Topliss-reactive ketones (excluding diaryl/α,β-unsaturated/α-hetero) is 1. The van der Waals surface area contributed by atoms with Crippen LogP contribution in [-0.2, 0) is 0 Å². The minimum absolute atomic E-state index is 0.0577. The Bertz CT molecular complexity index is 783. The Hall–Kier alpha value is -1.72. The molecule has 5 heteroatoms. The zero-order valence-electron chi connectivity index (χ0n) is 12.1. The Balaban J connectivity index is 2.02. The van der Waals surface area contributed by atoms with E-state index in [1.165, 1.54) is 11.8 Å². The highest BCUT2D eigenvalue weighted by Gasteiger charge is 2.25. The number of ketones is 1. The van der Waals surface area contributed by atoms with Gasteiger partial charge in [-0.1, -0.05) is 39.8 Å². The largest absolute Gasteiger partial charge is 0.493 e. The molecule has 0 spiro atoms. The lowest BCUT2D eigenvalue weighted by Crippen LogP contribution is -1.95. The molecule has 0 amide bonds. The first-order chi connectivity index (χ1) is 10.6. The summed E-state index contributed by atoms with van der Waals surface area (Å²) in [6.07, 6.45) is 1.87. The predicted molar refractivity (Wildman–Crippen MR) is 91.9 cm³/mol. The summed E-state index contributed by atoms with van der Waals surface area (Å²) in [6.45, 7) is 0. The van der Waals surface area contributed by atoms with E-state index in [1.54, 1.807) is 14.2 Å². The molecular weight excluding hydrogens is 364 g/mol. The number of allylic oxidation sites excluding steroid dienone is 1. The van der Waals surface area contributed by atoms with Crippen LogP contribution in [0, 0.1) is 0 Å². The van der Waals surface area contributed by atoms with Crippen LogP contribution in [0.25, 0.3) is 6.08 Å². The molecule has 0 unspecified atom stereocenters. The molecule has 0 radical (unpaired) electrons. The van der Waals surface area contributed by atoms with Gasteiger partial charge in [0, 0.05) is 14.9 Å². The zero-order valence-corrected chi connectivity index (χ0v) is 14.5. The van der Waals surface area contributed by atoms with Crippen LogP contribution >= 0.6 is 27.7 Å². The Morgan fingerprint density at radius 2 is 1.77 bits per heavy atom. The van der Waals surface area contributed by atoms with Gasteiger partial charge in [0.05, 0.1) is 19.1 Å². The summed E-state index contributed by atoms with van der Waals surface area (Å²) in [7, 11) is 3.18. The van der Waals surface area contributed by atoms with Crippen LogP contribution < -0.4 is 9.47 Å². The third-order valence-corrected chi connectivity index (χ3v) is 5.15. The van der Waals surface area contributed by atoms with E-state index in [1.807, 2.05) is 42.5 Å². The lowest BCUT2D eigenvalue weighted by atomic mass is 10.1. The summed E-state index contributed by atoms with van der Waals surface area (Å²) in [4.78, 5) is 14.1. The zero-order chi connectivity index (χ0) is 15.7. The number of methoxy groups -OCH3 is 2. The highest BCUT2D eigenvalue weighted by Crippen LogP contribution is 2.42. The van der Waals surface area contributed by atoms with Gasteiger partial charge in [-0.2, -0.15) is 0 Å². The Labute approximate surface area is 141 Å². The van der Waals surface area contributed by atoms with Gasteiger partial charge >= 0.3 is 0 Å². The fraction of sp³-hybridized carbons (Fsp3) is 0.118. The number of halogens is 1. The van der Waals surface area contributed by atoms with Gasteiger partial charge < -0.3 is 9.47 Å². The number of rotatable bonds is 3. The highest BCUT2D eigenvalue weighted by atomic mass is 79.9. The minimum Gasteiger partial charge on any atom is -0.493 e. The van der Waals surface area contributed by atoms with E-state index in [4.69, 9.17) is 9.47 Å². The molecule has 3 rings (SSSR count). The first-order valence-electron chi connectivity index (χ1n) is 6.59. The van der Waals surface area contributed by atoms with Crippen LogP contribution in [0.2, 0.25) is 0 Å². The summed E-state index contributed by atoms with van der Waals surface area (Å²) in [5.41, 5.74) is 1.64. The molecule has 0 saturated heterocycles. The third kappa shape index (κ3) is 2.66. The van der Waals surface area contributed by atoms with Crippen molar-refractivity contribution in [2.45, 2.75) is 4.90 Å². The lowest BCUT2D eigenvalue weighted by molar-refractivity contribution is 0.104. The standard InChI is InChI=1S/C17H13BrO3S/c1-20-13-7-10(12(18)9-14(13)21-2)8-16-17(19)11-5-3-4-6-15(11)22-16/h3-9H,1-2H3/b16-8+. The van der Waals surface area contributed by atoms with Gasteiger partial charge in [-0.15, -0.1) is 0 Å². The average molecular weight is 377 g/mol. The molecule has 2 aromatic rings. The van der Waals surface area contributed by atoms with Crippen LogP contribution in [-0.4, -0.2) is 20.0 Å². The average Bonchev–Trinajstić information content (AvgIpc) is 2.85. The van der Waals surface area contributed by atoms with E-state index < -0.39 is 0 Å². The van der Waals surface area contributed by atoms with Gasteiger partial charge in [0.25, 0.3) is 0 Å². The second-order valence-corrected chi connectivity index (χ2v) is 6.60. The van der Waals surface area contributed by atoms with E-state index in [-0.39, 0.29) is 5.78 Å². The predicted octanol–water partition coefficient (Wildman–Crippen LogP) is 4.80. The van der Waals surface area contributed by atoms with Crippen molar-refractivity contribution < 1.29 is 14.3 Å². The van der Waals surface area contributed by atoms with Crippen LogP contribution in [0.15, 0.2) is 50.7 Å². The molecule has 3 nitrogen and oxygen atoms in total. The number of fused-ring (bicyclic) bond motifs is 1. The summed E-state index contributed by atoms with van der Waals surface area (Å²) < 4.78 is 11.4. The van der Waals surface area contributed by atoms with Crippen LogP contribution in [0.1, 0.15) is 15.9 Å². The van der Waals surface area contributed by atoms with Gasteiger partial charge in [-0.3, -0.25) is 4.79 Å². The molecule has 22 heavy (non-hydrogen) atoms. The number of ether oxygens (including phenoxy) is 2. The molecule has 0 N–H and O–H groups in total. The summed E-state index contributed by atoms with van der Waals surface area (Å²) in [5.74, 6) is 1.33. The monoisotopic (exact) mass is 376 g/mol. The van der Waals surface area contributed by atoms with Gasteiger partial charge in [0.2, 0.25) is 5.78 Å². The normalized spacial score (nSPS) is 15.0. The van der Waals surface area contributed by atoms with Gasteiger partial charge in [0.1, 0.15) is 0 Å². The number of carbonyl (C=O) groups is 1. The molecule has 1 aliphatic rings. The van der Waals surface area contributed by atoms with E-state index in [9.17, 15) is 4.79 Å². The number of hydrogen-bond donors (Lipinski definition) is 0. The lowest BCUT2D eigenvalue weighted by Gasteiger charge is -2.10. The number of hydrogen-bond acceptors (Lipinski definition) is 4. The second-order valence-electron chi connectivity index (χ2n) is 4.66. The van der Waals surface area contributed by atoms with Crippen molar-refractivity contribution in [2.75, 3.05) is 14.2 Å². The van der Waals surface area contributed by atoms with Gasteiger partial charge in [-0.05, 0) is 35.9 Å². The summed E-state index contributed by atoms with van der Waals surface area (Å²) in [6, 6.07) is 11.3. The van der Waals surface area contributed by atoms with E-state index in [0.717, 1.165) is 20.5 Å². The molecule has 1 aliphatic heterocycles. The smallest absolute Gasteiger partial charge is 0.200 e. The maximum absolute atomic E-state index is 12.4. The number of benzene rings is 2. The van der Waals surface area contributed by atoms with E-state index in [0.29, 0.717) is 16.4 Å². The van der Waals surface area contributed by atoms with Crippen LogP contribution in [0.4, 0.5) is 0 Å². The van der Waals surface area contributed by atoms with Crippen molar-refractivity contribution in [3.05, 3.63) is 56.9 Å². The molecule has 0 atom stereocenters. The molecule has 0 fully saturated rings. The third-order valence-electron chi connectivity index (χ3n) is 3.36. The van der Waals surface area contributed by atoms with Gasteiger partial charge in [-0.25, -0.2) is 0 Å². The van der Waals surface area contributed by atoms with Crippen LogP contribution in [0.3, 0.4) is 0 Å². The number of carbonyl (C=O) groups excluding carboxylic acids is 1. The Morgan fingerprint density at radius 1 is 1.09 bits per heavy atom. The maximum atomic E-state index is 12.4. The molecular formula is C17H13BrO3S. The topological polar surface area (TPSA) is 35.5 Å². The van der Waals surface area contributed by atoms with Crippen molar-refractivity contribution in [2.24, 2.45) is 0 Å². The first kappa shape index (κ1) is 15.2.